The van der Waals surface area contributed by atoms with Crippen LogP contribution in [-0.2, 0) is 22.6 Å². The van der Waals surface area contributed by atoms with Gasteiger partial charge in [0.25, 0.3) is 0 Å². The summed E-state index contributed by atoms with van der Waals surface area (Å²) >= 11 is 5.71. The van der Waals surface area contributed by atoms with Crippen LogP contribution in [0.1, 0.15) is 11.1 Å². The summed E-state index contributed by atoms with van der Waals surface area (Å²) in [4.78, 5) is 15.4. The van der Waals surface area contributed by atoms with Crippen LogP contribution in [0.4, 0.5) is 13.2 Å². The monoisotopic (exact) mass is 421 g/mol. The summed E-state index contributed by atoms with van der Waals surface area (Å²) in [5.41, 5.74) is 0.175. The highest BCUT2D eigenvalue weighted by atomic mass is 35.5. The van der Waals surface area contributed by atoms with Gasteiger partial charge in [-0.3, -0.25) is 4.79 Å². The van der Waals surface area contributed by atoms with E-state index in [1.54, 1.807) is 6.07 Å². The Kier molecular flexibility index (Phi) is 6.39. The lowest BCUT2D eigenvalue weighted by Gasteiger charge is -2.10. The van der Waals surface area contributed by atoms with Gasteiger partial charge in [0.15, 0.2) is 0 Å². The average molecular weight is 422 g/mol. The van der Waals surface area contributed by atoms with Crippen LogP contribution in [0.25, 0.3) is 11.3 Å². The summed E-state index contributed by atoms with van der Waals surface area (Å²) in [5, 5.41) is 0.263. The second kappa shape index (κ2) is 8.96. The summed E-state index contributed by atoms with van der Waals surface area (Å²) in [6, 6.07) is 10.6. The van der Waals surface area contributed by atoms with Crippen molar-refractivity contribution in [1.29, 1.82) is 0 Å². The van der Waals surface area contributed by atoms with Crippen molar-refractivity contribution in [3.05, 3.63) is 82.1 Å². The van der Waals surface area contributed by atoms with E-state index in [0.29, 0.717) is 0 Å². The van der Waals surface area contributed by atoms with Crippen LogP contribution in [0.5, 0.6) is 5.88 Å². The number of methoxy groups -OCH3 is 1. The predicted octanol–water partition coefficient (Wildman–Crippen LogP) is 5.11. The molecule has 0 saturated heterocycles. The third-order valence-electron chi connectivity index (χ3n) is 4.09. The Labute approximate surface area is 169 Å². The van der Waals surface area contributed by atoms with Gasteiger partial charge in [-0.2, -0.15) is 0 Å². The zero-order chi connectivity index (χ0) is 21.0. The van der Waals surface area contributed by atoms with E-state index >= 15 is 0 Å². The Morgan fingerprint density at radius 2 is 1.76 bits per heavy atom. The largest absolute Gasteiger partial charge is 0.473 e. The smallest absolute Gasteiger partial charge is 0.310 e. The summed E-state index contributed by atoms with van der Waals surface area (Å²) in [7, 11) is 1.16. The number of esters is 1. The molecule has 150 valence electrons. The fraction of sp³-hybridized carbons (Fsp3) is 0.143. The fourth-order valence-electron chi connectivity index (χ4n) is 2.58. The Hall–Kier alpha value is -3.06. The molecule has 3 rings (SSSR count). The first-order valence-corrected chi connectivity index (χ1v) is 8.84. The zero-order valence-corrected chi connectivity index (χ0v) is 16.0. The van der Waals surface area contributed by atoms with Gasteiger partial charge in [-0.15, -0.1) is 0 Å². The molecule has 0 radical (unpaired) electrons. The van der Waals surface area contributed by atoms with Crippen LogP contribution in [0.15, 0.2) is 48.5 Å². The molecule has 0 N–H and O–H groups in total. The molecule has 2 aromatic carbocycles. The molecule has 0 aliphatic heterocycles. The van der Waals surface area contributed by atoms with E-state index in [4.69, 9.17) is 16.3 Å². The van der Waals surface area contributed by atoms with E-state index in [9.17, 15) is 18.0 Å². The third kappa shape index (κ3) is 5.06. The minimum absolute atomic E-state index is 0.0979. The second-order valence-corrected chi connectivity index (χ2v) is 6.50. The first-order valence-electron chi connectivity index (χ1n) is 8.46. The highest BCUT2D eigenvalue weighted by molar-refractivity contribution is 6.30. The van der Waals surface area contributed by atoms with Crippen LogP contribution in [0, 0.1) is 17.5 Å². The molecule has 4 nitrogen and oxygen atoms in total. The number of halogens is 4. The summed E-state index contributed by atoms with van der Waals surface area (Å²) in [5.74, 6) is -2.61. The van der Waals surface area contributed by atoms with Crippen molar-refractivity contribution in [1.82, 2.24) is 4.98 Å². The SMILES string of the molecule is COC(=O)Cc1cc(F)c(-c2cccc(OCc3ccc(Cl)cc3F)n2)cc1F. The number of benzene rings is 2. The normalized spacial score (nSPS) is 10.7. The van der Waals surface area contributed by atoms with E-state index in [-0.39, 0.29) is 46.3 Å². The molecular weight excluding hydrogens is 407 g/mol. The van der Waals surface area contributed by atoms with Gasteiger partial charge in [0, 0.05) is 27.8 Å². The van der Waals surface area contributed by atoms with Gasteiger partial charge in [-0.05, 0) is 30.3 Å². The van der Waals surface area contributed by atoms with Gasteiger partial charge in [0.05, 0.1) is 19.2 Å². The molecule has 0 amide bonds. The first-order chi connectivity index (χ1) is 13.9. The van der Waals surface area contributed by atoms with Crippen molar-refractivity contribution < 1.29 is 27.4 Å². The highest BCUT2D eigenvalue weighted by Crippen LogP contribution is 2.26. The molecular formula is C21H15ClF3NO3. The van der Waals surface area contributed by atoms with Crippen molar-refractivity contribution >= 4 is 17.6 Å². The van der Waals surface area contributed by atoms with Crippen LogP contribution in [0.2, 0.25) is 5.02 Å². The molecule has 0 aliphatic carbocycles. The molecule has 0 unspecified atom stereocenters. The number of ether oxygens (including phenoxy) is 2. The fourth-order valence-corrected chi connectivity index (χ4v) is 2.74. The zero-order valence-electron chi connectivity index (χ0n) is 15.2. The second-order valence-electron chi connectivity index (χ2n) is 6.06. The van der Waals surface area contributed by atoms with Gasteiger partial charge >= 0.3 is 5.97 Å². The maximum atomic E-state index is 14.5. The minimum atomic E-state index is -0.761. The van der Waals surface area contributed by atoms with Gasteiger partial charge in [0.1, 0.15) is 24.1 Å². The van der Waals surface area contributed by atoms with E-state index in [2.05, 4.69) is 9.72 Å². The molecule has 1 aromatic heterocycles. The van der Waals surface area contributed by atoms with Crippen molar-refractivity contribution in [2.75, 3.05) is 7.11 Å². The number of hydrogen-bond acceptors (Lipinski definition) is 4. The lowest BCUT2D eigenvalue weighted by molar-refractivity contribution is -0.139. The Morgan fingerprint density at radius 3 is 2.48 bits per heavy atom. The molecule has 0 fully saturated rings. The lowest BCUT2D eigenvalue weighted by Crippen LogP contribution is -2.07. The summed E-state index contributed by atoms with van der Waals surface area (Å²) in [6.45, 7) is -0.117. The molecule has 0 bridgehead atoms. The predicted molar refractivity (Wildman–Crippen MR) is 101 cm³/mol. The Bertz CT molecular complexity index is 1060. The number of carbonyl (C=O) groups is 1. The molecule has 0 atom stereocenters. The van der Waals surface area contributed by atoms with Gasteiger partial charge in [-0.1, -0.05) is 23.7 Å². The molecule has 0 aliphatic rings. The number of pyridine rings is 1. The van der Waals surface area contributed by atoms with Gasteiger partial charge in [-0.25, -0.2) is 18.2 Å². The lowest BCUT2D eigenvalue weighted by atomic mass is 10.0. The van der Waals surface area contributed by atoms with Crippen LogP contribution < -0.4 is 4.74 Å². The van der Waals surface area contributed by atoms with Crippen LogP contribution in [0.3, 0.4) is 0 Å². The quantitative estimate of drug-likeness (QED) is 0.519. The Morgan fingerprint density at radius 1 is 1.00 bits per heavy atom. The molecule has 29 heavy (non-hydrogen) atoms. The standard InChI is InChI=1S/C21H15ClF3NO3/c1-28-21(27)8-13-7-18(25)15(10-17(13)24)19-3-2-4-20(26-19)29-11-12-5-6-14(22)9-16(12)23/h2-7,9-10H,8,11H2,1H3. The van der Waals surface area contributed by atoms with E-state index < -0.39 is 23.4 Å². The molecule has 8 heteroatoms. The number of rotatable bonds is 6. The number of aromatic nitrogens is 1. The van der Waals surface area contributed by atoms with Crippen LogP contribution >= 0.6 is 11.6 Å². The van der Waals surface area contributed by atoms with Gasteiger partial charge in [0.2, 0.25) is 5.88 Å². The Balaban J connectivity index is 1.81. The van der Waals surface area contributed by atoms with Crippen molar-refractivity contribution in [3.8, 4) is 17.1 Å². The molecule has 0 saturated carbocycles. The van der Waals surface area contributed by atoms with Crippen molar-refractivity contribution in [3.63, 3.8) is 0 Å². The first kappa shape index (κ1) is 20.7. The summed E-state index contributed by atoms with van der Waals surface area (Å²) < 4.78 is 52.5. The minimum Gasteiger partial charge on any atom is -0.473 e. The van der Waals surface area contributed by atoms with E-state index in [1.165, 1.54) is 24.3 Å². The van der Waals surface area contributed by atoms with Crippen molar-refractivity contribution in [2.45, 2.75) is 13.0 Å². The van der Waals surface area contributed by atoms with E-state index in [0.717, 1.165) is 25.3 Å². The average Bonchev–Trinajstić information content (AvgIpc) is 2.70. The maximum absolute atomic E-state index is 14.5. The van der Waals surface area contributed by atoms with E-state index in [1.807, 2.05) is 0 Å². The maximum Gasteiger partial charge on any atom is 0.310 e. The molecule has 1 heterocycles. The molecule has 0 spiro atoms. The third-order valence-corrected chi connectivity index (χ3v) is 4.32. The number of hydrogen-bond donors (Lipinski definition) is 0. The summed E-state index contributed by atoms with van der Waals surface area (Å²) in [6.07, 6.45) is -0.386. The van der Waals surface area contributed by atoms with Crippen molar-refractivity contribution in [2.24, 2.45) is 0 Å². The van der Waals surface area contributed by atoms with Crippen LogP contribution in [-0.4, -0.2) is 18.1 Å². The van der Waals surface area contributed by atoms with Gasteiger partial charge < -0.3 is 9.47 Å². The molecule has 3 aromatic rings. The number of carbonyl (C=O) groups excluding carboxylic acids is 1. The number of nitrogens with zero attached hydrogens (tertiary/aromatic N) is 1. The topological polar surface area (TPSA) is 48.4 Å². The highest BCUT2D eigenvalue weighted by Gasteiger charge is 2.16.